The fourth-order valence-corrected chi connectivity index (χ4v) is 1.53. The minimum absolute atomic E-state index is 0.211. The average molecular weight is 203 g/mol. The smallest absolute Gasteiger partial charge is 0.122 e. The molecule has 0 saturated heterocycles. The largest absolute Gasteiger partial charge is 0.491 e. The lowest BCUT2D eigenvalue weighted by atomic mass is 9.96. The van der Waals surface area contributed by atoms with Crippen molar-refractivity contribution < 1.29 is 4.74 Å². The van der Waals surface area contributed by atoms with Crippen LogP contribution in [0.3, 0.4) is 0 Å². The van der Waals surface area contributed by atoms with E-state index < -0.39 is 0 Å². The van der Waals surface area contributed by atoms with E-state index in [1.807, 2.05) is 32.1 Å². The van der Waals surface area contributed by atoms with Gasteiger partial charge >= 0.3 is 0 Å². The van der Waals surface area contributed by atoms with Crippen molar-refractivity contribution in [3.05, 3.63) is 47.9 Å². The zero-order valence-corrected chi connectivity index (χ0v) is 10.0. The first-order valence-corrected chi connectivity index (χ1v) is 5.29. The summed E-state index contributed by atoms with van der Waals surface area (Å²) < 4.78 is 5.73. The number of benzene rings is 1. The lowest BCUT2D eigenvalue weighted by Crippen LogP contribution is -2.08. The summed E-state index contributed by atoms with van der Waals surface area (Å²) in [6.45, 7) is 12.0. The lowest BCUT2D eigenvalue weighted by Gasteiger charge is -2.16. The number of allylic oxidation sites excluding steroid dienone is 1. The summed E-state index contributed by atoms with van der Waals surface area (Å²) in [5.74, 6) is 2.14. The molecule has 0 bridgehead atoms. The molecule has 0 heterocycles. The van der Waals surface area contributed by atoms with E-state index in [1.165, 1.54) is 17.0 Å². The molecule has 0 spiro atoms. The zero-order valence-electron chi connectivity index (χ0n) is 10.0. The molecule has 1 rings (SSSR count). The van der Waals surface area contributed by atoms with Crippen molar-refractivity contribution in [3.8, 4) is 5.75 Å². The molecule has 15 heavy (non-hydrogen) atoms. The van der Waals surface area contributed by atoms with Crippen LogP contribution in [0.25, 0.3) is 0 Å². The Balaban J connectivity index is 3.05. The summed E-state index contributed by atoms with van der Waals surface area (Å²) in [7, 11) is 0. The Morgan fingerprint density at radius 1 is 1.40 bits per heavy atom. The molecule has 0 N–H and O–H groups in total. The van der Waals surface area contributed by atoms with Crippen LogP contribution in [0.1, 0.15) is 31.9 Å². The van der Waals surface area contributed by atoms with Gasteiger partial charge in [-0.05, 0) is 38.0 Å². The van der Waals surface area contributed by atoms with Gasteiger partial charge < -0.3 is 4.74 Å². The molecule has 0 fully saturated rings. The van der Waals surface area contributed by atoms with Crippen LogP contribution in [-0.4, -0.2) is 6.10 Å². The predicted octanol–water partition coefficient (Wildman–Crippen LogP) is 3.91. The third-order valence-electron chi connectivity index (χ3n) is 2.38. The van der Waals surface area contributed by atoms with Gasteiger partial charge in [0.1, 0.15) is 5.75 Å². The standard InChI is InChI=1S/C14H19O/c1-6-11(4)13-8-7-9-14(12(13)5)15-10(2)3/h6-10H,1H2,2-5H3. The van der Waals surface area contributed by atoms with Crippen LogP contribution in [0.15, 0.2) is 30.9 Å². The molecule has 0 saturated carbocycles. The fourth-order valence-electron chi connectivity index (χ4n) is 1.53. The minimum Gasteiger partial charge on any atom is -0.491 e. The predicted molar refractivity (Wildman–Crippen MR) is 65.2 cm³/mol. The van der Waals surface area contributed by atoms with Crippen LogP contribution in [-0.2, 0) is 0 Å². The third-order valence-corrected chi connectivity index (χ3v) is 2.38. The van der Waals surface area contributed by atoms with Gasteiger partial charge in [-0.3, -0.25) is 0 Å². The van der Waals surface area contributed by atoms with Crippen molar-refractivity contribution in [1.29, 1.82) is 0 Å². The van der Waals surface area contributed by atoms with E-state index in [1.54, 1.807) is 0 Å². The second-order valence-corrected chi connectivity index (χ2v) is 3.98. The van der Waals surface area contributed by atoms with E-state index in [9.17, 15) is 0 Å². The Hall–Kier alpha value is -1.24. The molecular weight excluding hydrogens is 184 g/mol. The van der Waals surface area contributed by atoms with Gasteiger partial charge in [-0.25, -0.2) is 0 Å². The van der Waals surface area contributed by atoms with Crippen molar-refractivity contribution in [2.24, 2.45) is 0 Å². The second kappa shape index (κ2) is 5.01. The number of hydrogen-bond acceptors (Lipinski definition) is 1. The number of ether oxygens (including phenoxy) is 1. The summed E-state index contributed by atoms with van der Waals surface area (Å²) in [5, 5.41) is 0. The molecule has 0 aliphatic carbocycles. The molecule has 0 unspecified atom stereocenters. The molecule has 81 valence electrons. The Bertz CT molecular complexity index is 339. The van der Waals surface area contributed by atoms with Gasteiger partial charge in [0.25, 0.3) is 0 Å². The maximum atomic E-state index is 5.73. The highest BCUT2D eigenvalue weighted by Crippen LogP contribution is 2.27. The first-order valence-electron chi connectivity index (χ1n) is 5.29. The zero-order chi connectivity index (χ0) is 11.4. The molecule has 0 amide bonds. The first kappa shape index (κ1) is 11.8. The van der Waals surface area contributed by atoms with Crippen LogP contribution in [0.4, 0.5) is 0 Å². The van der Waals surface area contributed by atoms with Crippen molar-refractivity contribution in [2.45, 2.75) is 33.8 Å². The Morgan fingerprint density at radius 3 is 2.60 bits per heavy atom. The summed E-state index contributed by atoms with van der Waals surface area (Å²) in [4.78, 5) is 0. The second-order valence-electron chi connectivity index (χ2n) is 3.98. The highest BCUT2D eigenvalue weighted by Gasteiger charge is 2.10. The van der Waals surface area contributed by atoms with Crippen molar-refractivity contribution in [3.63, 3.8) is 0 Å². The Kier molecular flexibility index (Phi) is 3.96. The van der Waals surface area contributed by atoms with Gasteiger partial charge in [0.15, 0.2) is 0 Å². The third kappa shape index (κ3) is 2.85. The van der Waals surface area contributed by atoms with Crippen LogP contribution in [0, 0.1) is 12.8 Å². The number of hydrogen-bond donors (Lipinski definition) is 0. The van der Waals surface area contributed by atoms with Crippen molar-refractivity contribution >= 4 is 0 Å². The van der Waals surface area contributed by atoms with Crippen LogP contribution in [0.5, 0.6) is 5.75 Å². The molecular formula is C14H19O. The maximum absolute atomic E-state index is 5.73. The Labute approximate surface area is 92.8 Å². The highest BCUT2D eigenvalue weighted by molar-refractivity contribution is 5.48. The van der Waals surface area contributed by atoms with Gasteiger partial charge in [0.05, 0.1) is 6.10 Å². The molecule has 0 aliphatic heterocycles. The highest BCUT2D eigenvalue weighted by atomic mass is 16.5. The monoisotopic (exact) mass is 203 g/mol. The molecule has 1 heteroatoms. The molecule has 1 nitrogen and oxygen atoms in total. The lowest BCUT2D eigenvalue weighted by molar-refractivity contribution is 0.240. The average Bonchev–Trinajstić information content (AvgIpc) is 2.19. The van der Waals surface area contributed by atoms with Gasteiger partial charge in [0.2, 0.25) is 0 Å². The van der Waals surface area contributed by atoms with Crippen LogP contribution < -0.4 is 4.74 Å². The normalized spacial score (nSPS) is 10.8. The molecule has 0 aliphatic rings. The molecule has 1 aromatic carbocycles. The summed E-state index contributed by atoms with van der Waals surface area (Å²) >= 11 is 0. The molecule has 0 atom stereocenters. The van der Waals surface area contributed by atoms with Gasteiger partial charge in [-0.2, -0.15) is 0 Å². The SMILES string of the molecule is C=C[C](C)c1cccc(OC(C)C)c1C. The van der Waals surface area contributed by atoms with E-state index in [4.69, 9.17) is 4.74 Å². The maximum Gasteiger partial charge on any atom is 0.122 e. The van der Waals surface area contributed by atoms with Crippen LogP contribution >= 0.6 is 0 Å². The van der Waals surface area contributed by atoms with E-state index in [0.717, 1.165) is 5.75 Å². The summed E-state index contributed by atoms with van der Waals surface area (Å²) in [6, 6.07) is 6.13. The summed E-state index contributed by atoms with van der Waals surface area (Å²) in [6.07, 6.45) is 2.09. The van der Waals surface area contributed by atoms with Crippen molar-refractivity contribution in [1.82, 2.24) is 0 Å². The fraction of sp³-hybridized carbons (Fsp3) is 0.357. The number of rotatable bonds is 4. The van der Waals surface area contributed by atoms with E-state index in [0.29, 0.717) is 0 Å². The van der Waals surface area contributed by atoms with Crippen LogP contribution in [0.2, 0.25) is 0 Å². The molecule has 0 aromatic heterocycles. The van der Waals surface area contributed by atoms with E-state index in [-0.39, 0.29) is 6.10 Å². The summed E-state index contributed by atoms with van der Waals surface area (Å²) in [5.41, 5.74) is 2.40. The topological polar surface area (TPSA) is 9.23 Å². The van der Waals surface area contributed by atoms with Gasteiger partial charge in [0, 0.05) is 5.92 Å². The van der Waals surface area contributed by atoms with Gasteiger partial charge in [-0.15, -0.1) is 6.58 Å². The molecule has 1 radical (unpaired) electrons. The first-order chi connectivity index (χ1) is 7.06. The van der Waals surface area contributed by atoms with Crippen molar-refractivity contribution in [2.75, 3.05) is 0 Å². The quantitative estimate of drug-likeness (QED) is 0.721. The molecule has 1 aromatic rings. The van der Waals surface area contributed by atoms with E-state index >= 15 is 0 Å². The minimum atomic E-state index is 0.211. The van der Waals surface area contributed by atoms with Gasteiger partial charge in [-0.1, -0.05) is 25.1 Å². The van der Waals surface area contributed by atoms with E-state index in [2.05, 4.69) is 26.5 Å². The Morgan fingerprint density at radius 2 is 2.07 bits per heavy atom.